The molecule has 0 heterocycles. The first kappa shape index (κ1) is 14.8. The molecule has 0 aliphatic heterocycles. The number of nitrogens with one attached hydrogen (secondary N) is 1. The van der Waals surface area contributed by atoms with E-state index in [1.807, 2.05) is 5.94 Å². The van der Waals surface area contributed by atoms with Gasteiger partial charge in [0.1, 0.15) is 11.9 Å². The van der Waals surface area contributed by atoms with Gasteiger partial charge >= 0.3 is 0 Å². The molecule has 0 aromatic heterocycles. The van der Waals surface area contributed by atoms with Crippen molar-refractivity contribution in [1.82, 2.24) is 5.32 Å². The van der Waals surface area contributed by atoms with Crippen molar-refractivity contribution in [1.29, 1.82) is 0 Å². The highest BCUT2D eigenvalue weighted by Crippen LogP contribution is 2.19. The Hall–Kier alpha value is -1.30. The van der Waals surface area contributed by atoms with Crippen molar-refractivity contribution in [2.75, 3.05) is 0 Å². The van der Waals surface area contributed by atoms with Crippen molar-refractivity contribution < 1.29 is 9.59 Å². The van der Waals surface area contributed by atoms with Gasteiger partial charge in [0.15, 0.2) is 0 Å². The molecule has 1 aliphatic carbocycles. The first-order chi connectivity index (χ1) is 8.86. The number of allylic oxidation sites excluding steroid dienone is 2. The smallest absolute Gasteiger partial charge is 0.145 e. The summed E-state index contributed by atoms with van der Waals surface area (Å²) in [5, 5.41) is 3.33. The maximum absolute atomic E-state index is 10.9. The van der Waals surface area contributed by atoms with Gasteiger partial charge in [-0.1, -0.05) is 25.7 Å². The van der Waals surface area contributed by atoms with Crippen molar-refractivity contribution in [3.63, 3.8) is 0 Å². The van der Waals surface area contributed by atoms with Crippen molar-refractivity contribution in [3.05, 3.63) is 11.8 Å². The van der Waals surface area contributed by atoms with Crippen LogP contribution in [0.4, 0.5) is 0 Å². The monoisotopic (exact) mass is 249 g/mol. The van der Waals surface area contributed by atoms with Crippen molar-refractivity contribution >= 4 is 11.9 Å². The molecule has 18 heavy (non-hydrogen) atoms. The molecule has 0 bridgehead atoms. The van der Waals surface area contributed by atoms with E-state index in [4.69, 9.17) is 0 Å². The second-order valence-electron chi connectivity index (χ2n) is 4.98. The Bertz CT molecular complexity index is 319. The summed E-state index contributed by atoms with van der Waals surface area (Å²) in [6, 6.07) is 0.480. The van der Waals surface area contributed by atoms with Crippen LogP contribution in [0.15, 0.2) is 11.8 Å². The van der Waals surface area contributed by atoms with Crippen LogP contribution in [-0.2, 0) is 9.59 Å². The van der Waals surface area contributed by atoms with Crippen LogP contribution in [0.25, 0.3) is 0 Å². The Kier molecular flexibility index (Phi) is 7.96. The van der Waals surface area contributed by atoms with E-state index in [1.165, 1.54) is 38.2 Å². The highest BCUT2D eigenvalue weighted by molar-refractivity contribution is 5.51. The van der Waals surface area contributed by atoms with E-state index >= 15 is 0 Å². The molecule has 100 valence electrons. The Labute approximate surface area is 109 Å². The molecule has 1 N–H and O–H groups in total. The summed E-state index contributed by atoms with van der Waals surface area (Å²) in [5.74, 6) is 3.81. The van der Waals surface area contributed by atoms with Gasteiger partial charge in [-0.2, -0.15) is 0 Å². The molecular weight excluding hydrogens is 226 g/mol. The molecule has 0 aromatic carbocycles. The predicted molar refractivity (Wildman–Crippen MR) is 72.6 cm³/mol. The zero-order valence-electron chi connectivity index (χ0n) is 11.0. The lowest BCUT2D eigenvalue weighted by Crippen LogP contribution is -2.30. The van der Waals surface area contributed by atoms with E-state index in [9.17, 15) is 9.59 Å². The summed E-state index contributed by atoms with van der Waals surface area (Å²) in [7, 11) is 0. The van der Waals surface area contributed by atoms with Gasteiger partial charge in [0.05, 0.1) is 5.70 Å². The first-order valence-corrected chi connectivity index (χ1v) is 7.06. The zero-order valence-corrected chi connectivity index (χ0v) is 11.0. The van der Waals surface area contributed by atoms with Gasteiger partial charge in [0, 0.05) is 6.04 Å². The van der Waals surface area contributed by atoms with Crippen LogP contribution in [0.1, 0.15) is 64.2 Å². The maximum Gasteiger partial charge on any atom is 0.145 e. The quantitative estimate of drug-likeness (QED) is 0.531. The van der Waals surface area contributed by atoms with Crippen molar-refractivity contribution in [3.8, 4) is 0 Å². The molecule has 1 aliphatic rings. The average molecular weight is 249 g/mol. The summed E-state index contributed by atoms with van der Waals surface area (Å²) in [6.07, 6.45) is 12.3. The summed E-state index contributed by atoms with van der Waals surface area (Å²) in [5.41, 5.74) is 0.729. The van der Waals surface area contributed by atoms with Crippen LogP contribution in [0, 0.1) is 0 Å². The van der Waals surface area contributed by atoms with E-state index in [1.54, 1.807) is 5.94 Å². The molecule has 3 nitrogen and oxygen atoms in total. The van der Waals surface area contributed by atoms with Gasteiger partial charge in [-0.15, -0.1) is 0 Å². The van der Waals surface area contributed by atoms with E-state index in [0.29, 0.717) is 6.04 Å². The van der Waals surface area contributed by atoms with Crippen LogP contribution in [0.3, 0.4) is 0 Å². The Balaban J connectivity index is 2.13. The molecule has 0 amide bonds. The minimum absolute atomic E-state index is 0.480. The lowest BCUT2D eigenvalue weighted by atomic mass is 9.95. The van der Waals surface area contributed by atoms with Crippen molar-refractivity contribution in [2.24, 2.45) is 0 Å². The highest BCUT2D eigenvalue weighted by Gasteiger charge is 2.14. The van der Waals surface area contributed by atoms with E-state index in [2.05, 4.69) is 5.32 Å². The molecule has 1 rings (SSSR count). The second kappa shape index (κ2) is 9.70. The van der Waals surface area contributed by atoms with Crippen molar-refractivity contribution in [2.45, 2.75) is 70.3 Å². The number of carbonyl (C=O) groups excluding carboxylic acids is 2. The van der Waals surface area contributed by atoms with Crippen LogP contribution < -0.4 is 5.32 Å². The zero-order chi connectivity index (χ0) is 13.1. The fourth-order valence-corrected chi connectivity index (χ4v) is 2.43. The lowest BCUT2D eigenvalue weighted by Gasteiger charge is -2.23. The van der Waals surface area contributed by atoms with Gasteiger partial charge in [-0.3, -0.25) is 0 Å². The summed E-state index contributed by atoms with van der Waals surface area (Å²) < 4.78 is 0. The minimum Gasteiger partial charge on any atom is -0.377 e. The summed E-state index contributed by atoms with van der Waals surface area (Å²) in [6.45, 7) is 0. The Morgan fingerprint density at radius 1 is 1.11 bits per heavy atom. The second-order valence-corrected chi connectivity index (χ2v) is 4.98. The third kappa shape index (κ3) is 6.44. The van der Waals surface area contributed by atoms with Crippen LogP contribution in [0.2, 0.25) is 0 Å². The standard InChI is InChI=1S/C15H23NO2/c17-12-8-3-1-2-5-11-15(13-18)16-14-9-6-4-7-10-14/h8,14,16H,1-7,9-11H2. The van der Waals surface area contributed by atoms with Gasteiger partial charge in [0.25, 0.3) is 0 Å². The van der Waals surface area contributed by atoms with Gasteiger partial charge < -0.3 is 5.32 Å². The average Bonchev–Trinajstić information content (AvgIpc) is 2.42. The Morgan fingerprint density at radius 3 is 2.56 bits per heavy atom. The number of unbranched alkanes of at least 4 members (excludes halogenated alkanes) is 3. The molecule has 0 saturated heterocycles. The van der Waals surface area contributed by atoms with Gasteiger partial charge in [0.2, 0.25) is 0 Å². The van der Waals surface area contributed by atoms with E-state index in [0.717, 1.165) is 37.8 Å². The molecule has 0 unspecified atom stereocenters. The number of hydrogen-bond acceptors (Lipinski definition) is 3. The van der Waals surface area contributed by atoms with Crippen LogP contribution in [-0.4, -0.2) is 17.9 Å². The molecule has 0 aromatic rings. The largest absolute Gasteiger partial charge is 0.377 e. The van der Waals surface area contributed by atoms with Gasteiger partial charge in [-0.05, 0) is 44.6 Å². The third-order valence-corrected chi connectivity index (χ3v) is 3.47. The molecule has 0 spiro atoms. The van der Waals surface area contributed by atoms with Crippen LogP contribution in [0.5, 0.6) is 0 Å². The number of hydrogen-bond donors (Lipinski definition) is 1. The lowest BCUT2D eigenvalue weighted by molar-refractivity contribution is 0.391. The Morgan fingerprint density at radius 2 is 1.89 bits per heavy atom. The molecule has 0 atom stereocenters. The SMILES string of the molecule is O=C=CCCCCCC(=C=O)NC1CCCCC1. The summed E-state index contributed by atoms with van der Waals surface area (Å²) >= 11 is 0. The van der Waals surface area contributed by atoms with E-state index < -0.39 is 0 Å². The predicted octanol–water partition coefficient (Wildman–Crippen LogP) is 2.96. The van der Waals surface area contributed by atoms with Gasteiger partial charge in [-0.25, -0.2) is 9.59 Å². The fourth-order valence-electron chi connectivity index (χ4n) is 2.43. The fraction of sp³-hybridized carbons (Fsp3) is 0.733. The topological polar surface area (TPSA) is 46.2 Å². The first-order valence-electron chi connectivity index (χ1n) is 7.06. The number of rotatable bonds is 8. The molecule has 3 heteroatoms. The van der Waals surface area contributed by atoms with E-state index in [-0.39, 0.29) is 0 Å². The molecule has 1 fully saturated rings. The highest BCUT2D eigenvalue weighted by atomic mass is 16.1. The van der Waals surface area contributed by atoms with Crippen LogP contribution >= 0.6 is 0 Å². The molecule has 0 radical (unpaired) electrons. The summed E-state index contributed by atoms with van der Waals surface area (Å²) in [4.78, 5) is 20.8. The normalized spacial score (nSPS) is 15.6. The minimum atomic E-state index is 0.480. The molecule has 1 saturated carbocycles. The molecular formula is C15H23NO2. The third-order valence-electron chi connectivity index (χ3n) is 3.47. The maximum atomic E-state index is 10.9.